The van der Waals surface area contributed by atoms with Gasteiger partial charge in [-0.1, -0.05) is 6.07 Å². The molecule has 1 unspecified atom stereocenters. The van der Waals surface area contributed by atoms with Crippen molar-refractivity contribution in [2.75, 3.05) is 14.2 Å². The van der Waals surface area contributed by atoms with E-state index < -0.39 is 0 Å². The summed E-state index contributed by atoms with van der Waals surface area (Å²) in [5.74, 6) is 0.949. The number of aryl methyl sites for hydroxylation is 3. The molecule has 2 rings (SSSR count). The van der Waals surface area contributed by atoms with Gasteiger partial charge in [0.2, 0.25) is 0 Å². The minimum absolute atomic E-state index is 0.217. The predicted molar refractivity (Wildman–Crippen MR) is 90.1 cm³/mol. The molecule has 1 N–H and O–H groups in total. The lowest BCUT2D eigenvalue weighted by Gasteiger charge is -2.19. The first-order valence-corrected chi connectivity index (χ1v) is 8.17. The maximum absolute atomic E-state index is 5.40. The third kappa shape index (κ3) is 2.92. The zero-order chi connectivity index (χ0) is 14.9. The molecule has 4 heteroatoms. The predicted octanol–water partition coefficient (Wildman–Crippen LogP) is 4.75. The van der Waals surface area contributed by atoms with Crippen LogP contribution in [0.15, 0.2) is 22.0 Å². The Hall–Kier alpha value is -0.840. The monoisotopic (exact) mass is 353 g/mol. The third-order valence-corrected chi connectivity index (χ3v) is 5.75. The molecule has 0 aliphatic carbocycles. The molecular formula is C16H20BrNOS. The van der Waals surface area contributed by atoms with Gasteiger partial charge in [0.1, 0.15) is 5.75 Å². The van der Waals surface area contributed by atoms with Crippen molar-refractivity contribution in [3.05, 3.63) is 49.1 Å². The van der Waals surface area contributed by atoms with Crippen LogP contribution in [0.25, 0.3) is 0 Å². The van der Waals surface area contributed by atoms with Gasteiger partial charge in [0, 0.05) is 4.88 Å². The van der Waals surface area contributed by atoms with E-state index in [0.717, 1.165) is 5.75 Å². The van der Waals surface area contributed by atoms with Crippen LogP contribution in [-0.4, -0.2) is 14.2 Å². The Labute approximate surface area is 133 Å². The minimum Gasteiger partial charge on any atom is -0.496 e. The molecule has 1 aromatic carbocycles. The first kappa shape index (κ1) is 15.5. The van der Waals surface area contributed by atoms with Gasteiger partial charge < -0.3 is 10.1 Å². The highest BCUT2D eigenvalue weighted by Gasteiger charge is 2.19. The van der Waals surface area contributed by atoms with E-state index in [-0.39, 0.29) is 6.04 Å². The second kappa shape index (κ2) is 6.29. The molecule has 2 aromatic rings. The van der Waals surface area contributed by atoms with Crippen molar-refractivity contribution in [3.63, 3.8) is 0 Å². The number of hydrogen-bond donors (Lipinski definition) is 1. The zero-order valence-electron chi connectivity index (χ0n) is 12.5. The Morgan fingerprint density at radius 1 is 1.10 bits per heavy atom. The second-order valence-corrected chi connectivity index (χ2v) is 7.41. The van der Waals surface area contributed by atoms with Crippen LogP contribution >= 0.6 is 27.3 Å². The van der Waals surface area contributed by atoms with E-state index in [1.807, 2.05) is 7.05 Å². The van der Waals surface area contributed by atoms with E-state index in [4.69, 9.17) is 4.74 Å². The van der Waals surface area contributed by atoms with Gasteiger partial charge >= 0.3 is 0 Å². The number of ether oxygens (including phenoxy) is 1. The molecule has 0 saturated carbocycles. The quantitative estimate of drug-likeness (QED) is 0.855. The standard InChI is InChI=1S/C16H20BrNOS/c1-9-7-13(19-5)10(2)6-12(9)15(18-4)14-8-11(3)16(17)20-14/h6-8,15,18H,1-5H3. The molecule has 108 valence electrons. The van der Waals surface area contributed by atoms with E-state index in [9.17, 15) is 0 Å². The van der Waals surface area contributed by atoms with Crippen molar-refractivity contribution in [2.24, 2.45) is 0 Å². The molecule has 20 heavy (non-hydrogen) atoms. The van der Waals surface area contributed by atoms with Gasteiger partial charge in [0.05, 0.1) is 16.9 Å². The zero-order valence-corrected chi connectivity index (χ0v) is 14.9. The molecule has 1 atom stereocenters. The van der Waals surface area contributed by atoms with Crippen LogP contribution in [0.3, 0.4) is 0 Å². The number of rotatable bonds is 4. The minimum atomic E-state index is 0.217. The summed E-state index contributed by atoms with van der Waals surface area (Å²) in [6, 6.07) is 6.80. The van der Waals surface area contributed by atoms with Gasteiger partial charge in [0.25, 0.3) is 0 Å². The summed E-state index contributed by atoms with van der Waals surface area (Å²) in [6.07, 6.45) is 0. The number of thiophene rings is 1. The maximum atomic E-state index is 5.40. The van der Waals surface area contributed by atoms with Crippen LogP contribution in [0.1, 0.15) is 33.2 Å². The highest BCUT2D eigenvalue weighted by atomic mass is 79.9. The average molecular weight is 354 g/mol. The van der Waals surface area contributed by atoms with Gasteiger partial charge in [-0.25, -0.2) is 0 Å². The summed E-state index contributed by atoms with van der Waals surface area (Å²) in [6.45, 7) is 6.35. The Morgan fingerprint density at radius 2 is 1.80 bits per heavy atom. The van der Waals surface area contributed by atoms with Gasteiger partial charge in [-0.15, -0.1) is 11.3 Å². The fourth-order valence-electron chi connectivity index (χ4n) is 2.42. The molecule has 2 nitrogen and oxygen atoms in total. The third-order valence-electron chi connectivity index (χ3n) is 3.54. The molecule has 1 heterocycles. The molecule has 0 amide bonds. The summed E-state index contributed by atoms with van der Waals surface area (Å²) in [5.41, 5.74) is 5.00. The average Bonchev–Trinajstić information content (AvgIpc) is 2.74. The largest absolute Gasteiger partial charge is 0.496 e. The molecule has 0 radical (unpaired) electrons. The summed E-state index contributed by atoms with van der Waals surface area (Å²) in [4.78, 5) is 1.32. The van der Waals surface area contributed by atoms with Crippen LogP contribution in [0, 0.1) is 20.8 Å². The molecule has 0 saturated heterocycles. The van der Waals surface area contributed by atoms with Gasteiger partial charge in [0.15, 0.2) is 0 Å². The Kier molecular flexibility index (Phi) is 4.89. The van der Waals surface area contributed by atoms with Crippen molar-refractivity contribution in [1.82, 2.24) is 5.32 Å². The van der Waals surface area contributed by atoms with E-state index in [1.165, 1.54) is 30.9 Å². The maximum Gasteiger partial charge on any atom is 0.122 e. The van der Waals surface area contributed by atoms with Gasteiger partial charge in [-0.3, -0.25) is 0 Å². The van der Waals surface area contributed by atoms with Gasteiger partial charge in [-0.2, -0.15) is 0 Å². The fraction of sp³-hybridized carbons (Fsp3) is 0.375. The summed E-state index contributed by atoms with van der Waals surface area (Å²) in [7, 11) is 3.73. The number of benzene rings is 1. The molecule has 0 fully saturated rings. The topological polar surface area (TPSA) is 21.3 Å². The highest BCUT2D eigenvalue weighted by Crippen LogP contribution is 2.36. The summed E-state index contributed by atoms with van der Waals surface area (Å²) < 4.78 is 6.60. The lowest BCUT2D eigenvalue weighted by Crippen LogP contribution is -2.18. The van der Waals surface area contributed by atoms with Gasteiger partial charge in [-0.05, 0) is 78.1 Å². The molecule has 0 bridgehead atoms. The van der Waals surface area contributed by atoms with Crippen molar-refractivity contribution in [1.29, 1.82) is 0 Å². The smallest absolute Gasteiger partial charge is 0.122 e. The van der Waals surface area contributed by atoms with Crippen molar-refractivity contribution < 1.29 is 4.74 Å². The first-order chi connectivity index (χ1) is 9.47. The van der Waals surface area contributed by atoms with Crippen molar-refractivity contribution >= 4 is 27.3 Å². The summed E-state index contributed by atoms with van der Waals surface area (Å²) >= 11 is 5.40. The molecular weight excluding hydrogens is 334 g/mol. The number of halogens is 1. The molecule has 1 aromatic heterocycles. The van der Waals surface area contributed by atoms with E-state index in [0.29, 0.717) is 0 Å². The number of nitrogens with one attached hydrogen (secondary N) is 1. The van der Waals surface area contributed by atoms with Crippen molar-refractivity contribution in [3.8, 4) is 5.75 Å². The van der Waals surface area contributed by atoms with Crippen LogP contribution in [0.2, 0.25) is 0 Å². The molecule has 0 spiro atoms. The lowest BCUT2D eigenvalue weighted by molar-refractivity contribution is 0.411. The Morgan fingerprint density at radius 3 is 2.30 bits per heavy atom. The Balaban J connectivity index is 2.49. The van der Waals surface area contributed by atoms with Crippen molar-refractivity contribution in [2.45, 2.75) is 26.8 Å². The van der Waals surface area contributed by atoms with Crippen LogP contribution < -0.4 is 10.1 Å². The Bertz CT molecular complexity index is 602. The fourth-order valence-corrected chi connectivity index (χ4v) is 4.12. The lowest BCUT2D eigenvalue weighted by atomic mass is 9.97. The highest BCUT2D eigenvalue weighted by molar-refractivity contribution is 9.11. The SMILES string of the molecule is CNC(c1cc(C)c(Br)s1)c1cc(C)c(OC)cc1C. The number of hydrogen-bond acceptors (Lipinski definition) is 3. The second-order valence-electron chi connectivity index (χ2n) is 5.01. The first-order valence-electron chi connectivity index (χ1n) is 6.56. The van der Waals surface area contributed by atoms with E-state index in [2.05, 4.69) is 60.2 Å². The van der Waals surface area contributed by atoms with Crippen LogP contribution in [0.4, 0.5) is 0 Å². The van der Waals surface area contributed by atoms with Crippen LogP contribution in [-0.2, 0) is 0 Å². The van der Waals surface area contributed by atoms with E-state index >= 15 is 0 Å². The molecule has 0 aliphatic heterocycles. The number of methoxy groups -OCH3 is 1. The normalized spacial score (nSPS) is 12.5. The summed E-state index contributed by atoms with van der Waals surface area (Å²) in [5, 5.41) is 3.43. The molecule has 0 aliphatic rings. The van der Waals surface area contributed by atoms with E-state index in [1.54, 1.807) is 18.4 Å². The van der Waals surface area contributed by atoms with Crippen LogP contribution in [0.5, 0.6) is 5.75 Å².